The number of hydrogen-bond acceptors (Lipinski definition) is 8. The van der Waals surface area contributed by atoms with E-state index in [9.17, 15) is 9.59 Å². The monoisotopic (exact) mass is 379 g/mol. The molecule has 2 aromatic heterocycles. The van der Waals surface area contributed by atoms with Crippen LogP contribution in [0.3, 0.4) is 0 Å². The Bertz CT molecular complexity index is 750. The standard InChI is InChI=1S/C17H21N3O5S/c1-11-9-13(20-25-11)10-26-16-14(5-4-6-19-16)17(22)24-12(2)15(21)18-7-8-23-3/h4-6,9,12H,7-8,10H2,1-3H3,(H,18,21)/t12-/m0/s1. The lowest BCUT2D eigenvalue weighted by atomic mass is 10.3. The number of thioether (sulfide) groups is 1. The Kier molecular flexibility index (Phi) is 7.61. The molecule has 0 spiro atoms. The Morgan fingerprint density at radius 3 is 2.92 bits per heavy atom. The molecular weight excluding hydrogens is 358 g/mol. The molecule has 1 atom stereocenters. The van der Waals surface area contributed by atoms with Crippen molar-refractivity contribution in [1.29, 1.82) is 0 Å². The zero-order valence-corrected chi connectivity index (χ0v) is 15.7. The summed E-state index contributed by atoms with van der Waals surface area (Å²) in [6.45, 7) is 4.06. The lowest BCUT2D eigenvalue weighted by molar-refractivity contribution is -0.129. The number of hydrogen-bond donors (Lipinski definition) is 1. The van der Waals surface area contributed by atoms with Crippen LogP contribution >= 0.6 is 11.8 Å². The zero-order chi connectivity index (χ0) is 18.9. The number of amides is 1. The molecule has 0 saturated heterocycles. The summed E-state index contributed by atoms with van der Waals surface area (Å²) < 4.78 is 15.1. The fourth-order valence-electron chi connectivity index (χ4n) is 1.99. The number of ether oxygens (including phenoxy) is 2. The maximum Gasteiger partial charge on any atom is 0.341 e. The highest BCUT2D eigenvalue weighted by molar-refractivity contribution is 7.98. The normalized spacial score (nSPS) is 11.8. The van der Waals surface area contributed by atoms with Crippen LogP contribution in [-0.2, 0) is 20.0 Å². The van der Waals surface area contributed by atoms with Gasteiger partial charge < -0.3 is 19.3 Å². The molecule has 26 heavy (non-hydrogen) atoms. The first-order chi connectivity index (χ1) is 12.5. The second-order valence-electron chi connectivity index (χ2n) is 5.41. The minimum absolute atomic E-state index is 0.300. The van der Waals surface area contributed by atoms with Crippen LogP contribution in [0.4, 0.5) is 0 Å². The SMILES string of the molecule is COCCNC(=O)[C@H](C)OC(=O)c1cccnc1SCc1cc(C)on1. The lowest BCUT2D eigenvalue weighted by Crippen LogP contribution is -2.37. The van der Waals surface area contributed by atoms with Crippen LogP contribution in [0.5, 0.6) is 0 Å². The molecule has 9 heteroatoms. The van der Waals surface area contributed by atoms with E-state index in [4.69, 9.17) is 14.0 Å². The first-order valence-corrected chi connectivity index (χ1v) is 8.97. The van der Waals surface area contributed by atoms with Gasteiger partial charge in [-0.05, 0) is 26.0 Å². The second-order valence-corrected chi connectivity index (χ2v) is 6.37. The Morgan fingerprint density at radius 2 is 2.23 bits per heavy atom. The topological polar surface area (TPSA) is 104 Å². The smallest absolute Gasteiger partial charge is 0.341 e. The van der Waals surface area contributed by atoms with Crippen molar-refractivity contribution >= 4 is 23.6 Å². The van der Waals surface area contributed by atoms with Crippen LogP contribution < -0.4 is 5.32 Å². The minimum atomic E-state index is -0.921. The minimum Gasteiger partial charge on any atom is -0.449 e. The van der Waals surface area contributed by atoms with E-state index in [1.165, 1.54) is 25.8 Å². The largest absolute Gasteiger partial charge is 0.449 e. The summed E-state index contributed by atoms with van der Waals surface area (Å²) in [6, 6.07) is 5.08. The molecule has 8 nitrogen and oxygen atoms in total. The second kappa shape index (κ2) is 9.93. The number of aromatic nitrogens is 2. The maximum atomic E-state index is 12.4. The molecule has 0 fully saturated rings. The molecule has 0 radical (unpaired) electrons. The van der Waals surface area contributed by atoms with Gasteiger partial charge in [0, 0.05) is 31.7 Å². The third-order valence-electron chi connectivity index (χ3n) is 3.28. The van der Waals surface area contributed by atoms with Crippen LogP contribution in [0.1, 0.15) is 28.7 Å². The zero-order valence-electron chi connectivity index (χ0n) is 14.9. The van der Waals surface area contributed by atoms with Gasteiger partial charge in [0.15, 0.2) is 6.10 Å². The maximum absolute atomic E-state index is 12.4. The fourth-order valence-corrected chi connectivity index (χ4v) is 2.85. The van der Waals surface area contributed by atoms with Gasteiger partial charge in [-0.15, -0.1) is 0 Å². The fraction of sp³-hybridized carbons (Fsp3) is 0.412. The summed E-state index contributed by atoms with van der Waals surface area (Å²) >= 11 is 1.34. The summed E-state index contributed by atoms with van der Waals surface area (Å²) in [7, 11) is 1.54. The van der Waals surface area contributed by atoms with Crippen molar-refractivity contribution in [3.8, 4) is 0 Å². The van der Waals surface area contributed by atoms with E-state index < -0.39 is 12.1 Å². The Morgan fingerprint density at radius 1 is 1.42 bits per heavy atom. The van der Waals surface area contributed by atoms with E-state index in [-0.39, 0.29) is 5.91 Å². The molecule has 0 aromatic carbocycles. The molecule has 1 N–H and O–H groups in total. The molecule has 1 amide bonds. The number of pyridine rings is 1. The number of nitrogens with one attached hydrogen (secondary N) is 1. The van der Waals surface area contributed by atoms with E-state index in [0.29, 0.717) is 29.5 Å². The molecule has 0 unspecified atom stereocenters. The number of nitrogens with zero attached hydrogens (tertiary/aromatic N) is 2. The highest BCUT2D eigenvalue weighted by Gasteiger charge is 2.21. The van der Waals surface area contributed by atoms with Gasteiger partial charge in [0.1, 0.15) is 10.8 Å². The number of methoxy groups -OCH3 is 1. The van der Waals surface area contributed by atoms with Gasteiger partial charge in [-0.3, -0.25) is 4.79 Å². The molecule has 2 rings (SSSR count). The Balaban J connectivity index is 1.96. The van der Waals surface area contributed by atoms with E-state index in [1.807, 2.05) is 13.0 Å². The average Bonchev–Trinajstić information content (AvgIpc) is 3.05. The molecule has 0 aliphatic rings. The predicted octanol–water partition coefficient (Wildman–Crippen LogP) is 1.98. The van der Waals surface area contributed by atoms with Crippen LogP contribution in [0.2, 0.25) is 0 Å². The Hall–Kier alpha value is -2.39. The van der Waals surface area contributed by atoms with Gasteiger partial charge in [0.05, 0.1) is 17.9 Å². The van der Waals surface area contributed by atoms with E-state index >= 15 is 0 Å². The number of esters is 1. The van der Waals surface area contributed by atoms with Crippen LogP contribution in [0, 0.1) is 6.92 Å². The highest BCUT2D eigenvalue weighted by Crippen LogP contribution is 2.24. The number of carbonyl (C=O) groups is 2. The van der Waals surface area contributed by atoms with Crippen molar-refractivity contribution in [2.45, 2.75) is 30.7 Å². The summed E-state index contributed by atoms with van der Waals surface area (Å²) in [5, 5.41) is 7.04. The molecular formula is C17H21N3O5S. The number of aryl methyl sites for hydroxylation is 1. The number of rotatable bonds is 9. The molecule has 2 aromatic rings. The molecule has 0 aliphatic heterocycles. The van der Waals surface area contributed by atoms with Crippen molar-refractivity contribution < 1.29 is 23.6 Å². The predicted molar refractivity (Wildman–Crippen MR) is 94.8 cm³/mol. The molecule has 140 valence electrons. The third kappa shape index (κ3) is 5.85. The van der Waals surface area contributed by atoms with Gasteiger partial charge in [-0.25, -0.2) is 9.78 Å². The van der Waals surface area contributed by atoms with Crippen LogP contribution in [0.25, 0.3) is 0 Å². The van der Waals surface area contributed by atoms with Crippen molar-refractivity contribution in [2.24, 2.45) is 0 Å². The quantitative estimate of drug-likeness (QED) is 0.401. The average molecular weight is 379 g/mol. The van der Waals surface area contributed by atoms with Gasteiger partial charge >= 0.3 is 5.97 Å². The van der Waals surface area contributed by atoms with E-state index in [1.54, 1.807) is 18.3 Å². The van der Waals surface area contributed by atoms with Crippen molar-refractivity contribution in [2.75, 3.05) is 20.3 Å². The number of carbonyl (C=O) groups excluding carboxylic acids is 2. The van der Waals surface area contributed by atoms with Gasteiger partial charge in [-0.2, -0.15) is 0 Å². The van der Waals surface area contributed by atoms with Crippen molar-refractivity contribution in [3.63, 3.8) is 0 Å². The van der Waals surface area contributed by atoms with Crippen molar-refractivity contribution in [1.82, 2.24) is 15.5 Å². The Labute approximate surface area is 155 Å². The summed E-state index contributed by atoms with van der Waals surface area (Å²) in [5.41, 5.74) is 1.05. The first kappa shape index (κ1) is 19.9. The molecule has 0 saturated carbocycles. The summed E-state index contributed by atoms with van der Waals surface area (Å²) in [6.07, 6.45) is 0.671. The highest BCUT2D eigenvalue weighted by atomic mass is 32.2. The third-order valence-corrected chi connectivity index (χ3v) is 4.32. The van der Waals surface area contributed by atoms with Gasteiger partial charge in [0.2, 0.25) is 0 Å². The van der Waals surface area contributed by atoms with Crippen LogP contribution in [0.15, 0.2) is 33.9 Å². The summed E-state index contributed by atoms with van der Waals surface area (Å²) in [5.74, 6) is 0.231. The lowest BCUT2D eigenvalue weighted by Gasteiger charge is -2.14. The van der Waals surface area contributed by atoms with E-state index in [0.717, 1.165) is 11.5 Å². The van der Waals surface area contributed by atoms with Crippen molar-refractivity contribution in [3.05, 3.63) is 41.4 Å². The van der Waals surface area contributed by atoms with Gasteiger partial charge in [0.25, 0.3) is 5.91 Å². The van der Waals surface area contributed by atoms with Crippen LogP contribution in [-0.4, -0.2) is 48.4 Å². The first-order valence-electron chi connectivity index (χ1n) is 7.99. The molecule has 0 aliphatic carbocycles. The molecule has 0 bridgehead atoms. The van der Waals surface area contributed by atoms with Gasteiger partial charge in [-0.1, -0.05) is 16.9 Å². The molecule has 2 heterocycles. The summed E-state index contributed by atoms with van der Waals surface area (Å²) in [4.78, 5) is 28.5. The van der Waals surface area contributed by atoms with E-state index in [2.05, 4.69) is 15.5 Å².